The Labute approximate surface area is 70.3 Å². The zero-order valence-corrected chi connectivity index (χ0v) is 6.69. The predicted molar refractivity (Wildman–Crippen MR) is 40.7 cm³/mol. The fourth-order valence-electron chi connectivity index (χ4n) is 1.51. The van der Waals surface area contributed by atoms with Crippen molar-refractivity contribution in [3.63, 3.8) is 0 Å². The highest BCUT2D eigenvalue weighted by Gasteiger charge is 2.30. The number of carbonyl (C=O) groups excluding carboxylic acids is 1. The molecule has 2 rings (SSSR count). The first-order chi connectivity index (χ1) is 5.74. The number of nitrogens with one attached hydrogen (secondary N) is 1. The van der Waals surface area contributed by atoms with E-state index in [9.17, 15) is 4.79 Å². The van der Waals surface area contributed by atoms with Gasteiger partial charge >= 0.3 is 6.09 Å². The summed E-state index contributed by atoms with van der Waals surface area (Å²) in [6.07, 6.45) is -0.555. The summed E-state index contributed by atoms with van der Waals surface area (Å²) in [5.74, 6) is 0. The first kappa shape index (κ1) is 7.82. The normalized spacial score (nSPS) is 31.1. The van der Waals surface area contributed by atoms with Gasteiger partial charge in [0, 0.05) is 19.6 Å². The Morgan fingerprint density at radius 1 is 1.67 bits per heavy atom. The zero-order valence-electron chi connectivity index (χ0n) is 6.69. The van der Waals surface area contributed by atoms with Crippen molar-refractivity contribution in [2.75, 3.05) is 26.2 Å². The first-order valence-electron chi connectivity index (χ1n) is 4.09. The summed E-state index contributed by atoms with van der Waals surface area (Å²) < 4.78 is 4.93. The van der Waals surface area contributed by atoms with Gasteiger partial charge in [-0.2, -0.15) is 0 Å². The lowest BCUT2D eigenvalue weighted by molar-refractivity contribution is -0.0171. The highest BCUT2D eigenvalue weighted by Crippen LogP contribution is 2.10. The minimum Gasteiger partial charge on any atom is -0.443 e. The Hall–Kier alpha value is -0.810. The maximum Gasteiger partial charge on any atom is 0.407 e. The van der Waals surface area contributed by atoms with Crippen molar-refractivity contribution in [1.82, 2.24) is 10.2 Å². The van der Waals surface area contributed by atoms with E-state index in [0.29, 0.717) is 19.6 Å². The van der Waals surface area contributed by atoms with Crippen LogP contribution in [0.5, 0.6) is 0 Å². The number of ether oxygens (including phenoxy) is 1. The number of carbonyl (C=O) groups is 1. The molecule has 12 heavy (non-hydrogen) atoms. The summed E-state index contributed by atoms with van der Waals surface area (Å²) in [4.78, 5) is 12.7. The third-order valence-electron chi connectivity index (χ3n) is 2.15. The van der Waals surface area contributed by atoms with E-state index in [0.717, 1.165) is 6.54 Å². The largest absolute Gasteiger partial charge is 0.443 e. The fourth-order valence-corrected chi connectivity index (χ4v) is 1.51. The highest BCUT2D eigenvalue weighted by molar-refractivity contribution is 5.69. The molecule has 2 aliphatic heterocycles. The van der Waals surface area contributed by atoms with Crippen LogP contribution in [-0.2, 0) is 4.74 Å². The van der Waals surface area contributed by atoms with Gasteiger partial charge in [-0.1, -0.05) is 0 Å². The molecule has 0 spiro atoms. The number of aliphatic hydroxyl groups is 1. The van der Waals surface area contributed by atoms with Crippen LogP contribution in [0, 0.1) is 0 Å². The lowest BCUT2D eigenvalue weighted by Gasteiger charge is -2.36. The number of amides is 1. The van der Waals surface area contributed by atoms with Gasteiger partial charge in [0.05, 0.1) is 12.6 Å². The average molecular weight is 172 g/mol. The summed E-state index contributed by atoms with van der Waals surface area (Å²) >= 11 is 0. The Balaban J connectivity index is 1.70. The molecule has 0 saturated carbocycles. The fraction of sp³-hybridized carbons (Fsp3) is 0.857. The molecule has 2 heterocycles. The maximum absolute atomic E-state index is 10.6. The van der Waals surface area contributed by atoms with E-state index >= 15 is 0 Å². The Bertz CT molecular complexity index is 191. The number of nitrogens with zero attached hydrogens (tertiary/aromatic N) is 1. The van der Waals surface area contributed by atoms with Crippen LogP contribution in [0.4, 0.5) is 4.79 Å². The molecule has 0 aromatic carbocycles. The number of hydrogen-bond acceptors (Lipinski definition) is 4. The molecular formula is C7H12N2O3. The summed E-state index contributed by atoms with van der Waals surface area (Å²) in [6, 6.07) is 0. The smallest absolute Gasteiger partial charge is 0.407 e. The van der Waals surface area contributed by atoms with Crippen LogP contribution in [0.25, 0.3) is 0 Å². The Morgan fingerprint density at radius 3 is 2.92 bits per heavy atom. The second-order valence-corrected chi connectivity index (χ2v) is 3.28. The molecule has 0 aromatic heterocycles. The van der Waals surface area contributed by atoms with E-state index in [4.69, 9.17) is 9.84 Å². The van der Waals surface area contributed by atoms with Crippen molar-refractivity contribution in [2.24, 2.45) is 0 Å². The summed E-state index contributed by atoms with van der Waals surface area (Å²) in [7, 11) is 0. The molecule has 5 nitrogen and oxygen atoms in total. The van der Waals surface area contributed by atoms with Crippen LogP contribution >= 0.6 is 0 Å². The third kappa shape index (κ3) is 1.51. The summed E-state index contributed by atoms with van der Waals surface area (Å²) in [6.45, 7) is 2.73. The molecule has 0 aliphatic carbocycles. The standard InChI is InChI=1S/C7H12N2O3/c10-5-2-9(3-5)4-6-1-8-7(11)12-6/h5-6,10H,1-4H2,(H,8,11). The van der Waals surface area contributed by atoms with Crippen molar-refractivity contribution in [3.8, 4) is 0 Å². The minimum absolute atomic E-state index is 0.0370. The van der Waals surface area contributed by atoms with Crippen molar-refractivity contribution >= 4 is 6.09 Å². The van der Waals surface area contributed by atoms with Crippen LogP contribution in [-0.4, -0.2) is 54.5 Å². The van der Waals surface area contributed by atoms with Crippen molar-refractivity contribution < 1.29 is 14.6 Å². The lowest BCUT2D eigenvalue weighted by Crippen LogP contribution is -2.53. The van der Waals surface area contributed by atoms with E-state index in [1.165, 1.54) is 0 Å². The molecule has 68 valence electrons. The molecule has 1 amide bonds. The van der Waals surface area contributed by atoms with Crippen LogP contribution in [0.1, 0.15) is 0 Å². The van der Waals surface area contributed by atoms with Gasteiger partial charge < -0.3 is 15.2 Å². The van der Waals surface area contributed by atoms with Crippen LogP contribution < -0.4 is 5.32 Å². The average Bonchev–Trinajstić information content (AvgIpc) is 2.33. The van der Waals surface area contributed by atoms with Crippen LogP contribution in [0.3, 0.4) is 0 Å². The van der Waals surface area contributed by atoms with Gasteiger partial charge in [-0.25, -0.2) is 4.79 Å². The van der Waals surface area contributed by atoms with E-state index in [-0.39, 0.29) is 18.3 Å². The minimum atomic E-state index is -0.332. The van der Waals surface area contributed by atoms with Gasteiger partial charge in [0.15, 0.2) is 0 Å². The van der Waals surface area contributed by atoms with E-state index < -0.39 is 0 Å². The Kier molecular flexibility index (Phi) is 1.90. The molecule has 0 bridgehead atoms. The van der Waals surface area contributed by atoms with Gasteiger partial charge in [-0.3, -0.25) is 4.90 Å². The summed E-state index contributed by atoms with van der Waals surface area (Å²) in [5, 5.41) is 11.6. The van der Waals surface area contributed by atoms with Gasteiger partial charge in [0.25, 0.3) is 0 Å². The number of hydrogen-bond donors (Lipinski definition) is 2. The van der Waals surface area contributed by atoms with Gasteiger partial charge in [-0.15, -0.1) is 0 Å². The zero-order chi connectivity index (χ0) is 8.55. The predicted octanol–water partition coefficient (Wildman–Crippen LogP) is -1.23. The van der Waals surface area contributed by atoms with Crippen molar-refractivity contribution in [3.05, 3.63) is 0 Å². The van der Waals surface area contributed by atoms with Crippen molar-refractivity contribution in [2.45, 2.75) is 12.2 Å². The quantitative estimate of drug-likeness (QED) is 0.547. The number of β-amino-alcohol motifs (C(OH)–C–C–N with tert-alkyl or cyclic N) is 1. The monoisotopic (exact) mass is 172 g/mol. The van der Waals surface area contributed by atoms with Gasteiger partial charge in [0.2, 0.25) is 0 Å². The lowest BCUT2D eigenvalue weighted by atomic mass is 10.1. The number of aliphatic hydroxyl groups excluding tert-OH is 1. The second kappa shape index (κ2) is 2.91. The SMILES string of the molecule is O=C1NCC(CN2CC(O)C2)O1. The molecule has 1 atom stereocenters. The molecule has 2 aliphatic rings. The second-order valence-electron chi connectivity index (χ2n) is 3.28. The third-order valence-corrected chi connectivity index (χ3v) is 2.15. The summed E-state index contributed by atoms with van der Waals surface area (Å²) in [5.41, 5.74) is 0. The first-order valence-corrected chi connectivity index (χ1v) is 4.09. The molecule has 0 radical (unpaired) electrons. The molecular weight excluding hydrogens is 160 g/mol. The highest BCUT2D eigenvalue weighted by atomic mass is 16.6. The van der Waals surface area contributed by atoms with E-state index in [2.05, 4.69) is 10.2 Å². The number of cyclic esters (lactones) is 1. The van der Waals surface area contributed by atoms with E-state index in [1.807, 2.05) is 0 Å². The Morgan fingerprint density at radius 2 is 2.42 bits per heavy atom. The van der Waals surface area contributed by atoms with Gasteiger partial charge in [-0.05, 0) is 0 Å². The van der Waals surface area contributed by atoms with Crippen LogP contribution in [0.2, 0.25) is 0 Å². The molecule has 2 N–H and O–H groups in total. The molecule has 1 unspecified atom stereocenters. The van der Waals surface area contributed by atoms with Crippen molar-refractivity contribution in [1.29, 1.82) is 0 Å². The molecule has 2 fully saturated rings. The molecule has 5 heteroatoms. The van der Waals surface area contributed by atoms with Gasteiger partial charge in [0.1, 0.15) is 6.10 Å². The topological polar surface area (TPSA) is 61.8 Å². The van der Waals surface area contributed by atoms with E-state index in [1.54, 1.807) is 0 Å². The number of alkyl carbamates (subject to hydrolysis) is 1. The number of rotatable bonds is 2. The van der Waals surface area contributed by atoms with Crippen LogP contribution in [0.15, 0.2) is 0 Å². The maximum atomic E-state index is 10.6. The molecule has 0 aromatic rings. The number of likely N-dealkylation sites (tertiary alicyclic amines) is 1. The molecule has 2 saturated heterocycles.